The Morgan fingerprint density at radius 1 is 1.23 bits per heavy atom. The van der Waals surface area contributed by atoms with Crippen LogP contribution in [0.4, 0.5) is 13.2 Å². The van der Waals surface area contributed by atoms with Gasteiger partial charge < -0.3 is 8.92 Å². The summed E-state index contributed by atoms with van der Waals surface area (Å²) in [5, 5.41) is 8.97. The van der Waals surface area contributed by atoms with E-state index >= 15 is 0 Å². The Labute approximate surface area is 156 Å². The highest BCUT2D eigenvalue weighted by Crippen LogP contribution is 2.40. The number of ether oxygens (including phenoxy) is 1. The average molecular weight is 450 g/mol. The molecule has 0 aliphatic rings. The Kier molecular flexibility index (Phi) is 5.83. The van der Waals surface area contributed by atoms with Crippen LogP contribution in [0.1, 0.15) is 18.1 Å². The Morgan fingerprint density at radius 2 is 1.88 bits per heavy atom. The van der Waals surface area contributed by atoms with Crippen molar-refractivity contribution in [1.82, 2.24) is 0 Å². The highest BCUT2D eigenvalue weighted by molar-refractivity contribution is 9.10. The maximum Gasteiger partial charge on any atom is 0.417 e. The smallest absolute Gasteiger partial charge is 0.417 e. The first kappa shape index (κ1) is 20.1. The fourth-order valence-electron chi connectivity index (χ4n) is 2.05. The van der Waals surface area contributed by atoms with E-state index in [4.69, 9.17) is 14.2 Å². The molecule has 0 spiro atoms. The van der Waals surface area contributed by atoms with E-state index in [1.54, 1.807) is 6.92 Å². The first-order chi connectivity index (χ1) is 12.1. The number of nitriles is 1. The molecule has 0 aliphatic carbocycles. The molecular formula is C16H11BrF3NO4S. The Morgan fingerprint density at radius 3 is 2.46 bits per heavy atom. The lowest BCUT2D eigenvalue weighted by Crippen LogP contribution is -2.17. The number of halogens is 4. The molecule has 138 valence electrons. The van der Waals surface area contributed by atoms with Crippen LogP contribution < -0.4 is 8.92 Å². The molecule has 0 aliphatic heterocycles. The Bertz CT molecular complexity index is 968. The van der Waals surface area contributed by atoms with Crippen molar-refractivity contribution >= 4 is 26.0 Å². The quantitative estimate of drug-likeness (QED) is 0.627. The third-order valence-corrected chi connectivity index (χ3v) is 4.96. The van der Waals surface area contributed by atoms with Gasteiger partial charge in [0, 0.05) is 6.07 Å². The molecule has 0 heterocycles. The van der Waals surface area contributed by atoms with Crippen LogP contribution in [0.3, 0.4) is 0 Å². The van der Waals surface area contributed by atoms with E-state index in [0.717, 1.165) is 18.2 Å². The highest BCUT2D eigenvalue weighted by Gasteiger charge is 2.38. The zero-order valence-corrected chi connectivity index (χ0v) is 15.6. The van der Waals surface area contributed by atoms with Gasteiger partial charge in [0.15, 0.2) is 11.5 Å². The number of alkyl halides is 3. The van der Waals surface area contributed by atoms with Crippen LogP contribution in [0.5, 0.6) is 11.5 Å². The summed E-state index contributed by atoms with van der Waals surface area (Å²) in [4.78, 5) is -1.02. The van der Waals surface area contributed by atoms with E-state index in [2.05, 4.69) is 15.9 Å². The molecule has 2 aromatic carbocycles. The van der Waals surface area contributed by atoms with Crippen molar-refractivity contribution < 1.29 is 30.5 Å². The van der Waals surface area contributed by atoms with Gasteiger partial charge in [-0.25, -0.2) is 0 Å². The second-order valence-corrected chi connectivity index (χ2v) is 7.23. The molecule has 26 heavy (non-hydrogen) atoms. The van der Waals surface area contributed by atoms with Crippen molar-refractivity contribution in [2.75, 3.05) is 6.61 Å². The molecule has 0 radical (unpaired) electrons. The molecule has 0 atom stereocenters. The molecule has 0 fully saturated rings. The van der Waals surface area contributed by atoms with Crippen LogP contribution in [-0.4, -0.2) is 15.0 Å². The van der Waals surface area contributed by atoms with E-state index in [1.165, 1.54) is 12.1 Å². The van der Waals surface area contributed by atoms with Crippen molar-refractivity contribution in [2.24, 2.45) is 0 Å². The fourth-order valence-corrected chi connectivity index (χ4v) is 3.86. The van der Waals surface area contributed by atoms with E-state index in [-0.39, 0.29) is 28.1 Å². The van der Waals surface area contributed by atoms with Crippen LogP contribution in [0.2, 0.25) is 0 Å². The second kappa shape index (κ2) is 7.55. The normalized spacial score (nSPS) is 11.7. The molecule has 0 unspecified atom stereocenters. The van der Waals surface area contributed by atoms with Gasteiger partial charge in [0.05, 0.1) is 28.3 Å². The zero-order valence-electron chi connectivity index (χ0n) is 13.2. The van der Waals surface area contributed by atoms with Crippen LogP contribution >= 0.6 is 15.9 Å². The minimum atomic E-state index is -4.88. The third-order valence-electron chi connectivity index (χ3n) is 3.09. The summed E-state index contributed by atoms with van der Waals surface area (Å²) >= 11 is 3.05. The van der Waals surface area contributed by atoms with Crippen LogP contribution in [0.15, 0.2) is 45.8 Å². The van der Waals surface area contributed by atoms with Crippen molar-refractivity contribution in [3.05, 3.63) is 52.0 Å². The number of rotatable bonds is 5. The van der Waals surface area contributed by atoms with Crippen molar-refractivity contribution in [2.45, 2.75) is 18.0 Å². The average Bonchev–Trinajstić information content (AvgIpc) is 2.57. The van der Waals surface area contributed by atoms with E-state index in [9.17, 15) is 21.6 Å². The first-order valence-electron chi connectivity index (χ1n) is 7.07. The van der Waals surface area contributed by atoms with Gasteiger partial charge in [0.2, 0.25) is 0 Å². The van der Waals surface area contributed by atoms with Gasteiger partial charge in [-0.3, -0.25) is 0 Å². The zero-order chi connectivity index (χ0) is 19.5. The monoisotopic (exact) mass is 449 g/mol. The maximum atomic E-state index is 13.1. The largest absolute Gasteiger partial charge is 0.490 e. The highest BCUT2D eigenvalue weighted by atomic mass is 79.9. The fraction of sp³-hybridized carbons (Fsp3) is 0.188. The van der Waals surface area contributed by atoms with Gasteiger partial charge in [-0.1, -0.05) is 12.1 Å². The lowest BCUT2D eigenvalue weighted by molar-refractivity contribution is -0.139. The molecule has 10 heteroatoms. The molecule has 0 bridgehead atoms. The molecule has 2 aromatic rings. The van der Waals surface area contributed by atoms with Gasteiger partial charge in [-0.05, 0) is 41.1 Å². The molecule has 0 saturated heterocycles. The van der Waals surface area contributed by atoms with E-state index in [0.29, 0.717) is 6.07 Å². The molecular weight excluding hydrogens is 439 g/mol. The topological polar surface area (TPSA) is 76.4 Å². The maximum absolute atomic E-state index is 13.1. The van der Waals surface area contributed by atoms with Crippen molar-refractivity contribution in [3.8, 4) is 17.6 Å². The van der Waals surface area contributed by atoms with Gasteiger partial charge in [0.1, 0.15) is 4.90 Å². The summed E-state index contributed by atoms with van der Waals surface area (Å²) in [7, 11) is -4.82. The number of hydrogen-bond acceptors (Lipinski definition) is 5. The summed E-state index contributed by atoms with van der Waals surface area (Å²) in [5.74, 6) is -0.436. The lowest BCUT2D eigenvalue weighted by Gasteiger charge is -2.16. The van der Waals surface area contributed by atoms with Gasteiger partial charge >= 0.3 is 16.3 Å². The Hall–Kier alpha value is -2.25. The van der Waals surface area contributed by atoms with Crippen molar-refractivity contribution in [3.63, 3.8) is 0 Å². The predicted octanol–water partition coefficient (Wildman–Crippen LogP) is 4.51. The summed E-state index contributed by atoms with van der Waals surface area (Å²) in [5.41, 5.74) is -1.19. The van der Waals surface area contributed by atoms with Crippen LogP contribution in [-0.2, 0) is 16.3 Å². The summed E-state index contributed by atoms with van der Waals surface area (Å²) < 4.78 is 74.5. The standard InChI is InChI=1S/C16H11BrF3NO4S/c1-2-24-13-8-10(9-21)7-12(17)15(13)25-26(22,23)14-6-4-3-5-11(14)16(18,19)20/h3-8H,2H2,1H3. The minimum Gasteiger partial charge on any atom is -0.490 e. The summed E-state index contributed by atoms with van der Waals surface area (Å²) in [6.07, 6.45) is -4.88. The van der Waals surface area contributed by atoms with Gasteiger partial charge in [-0.15, -0.1) is 0 Å². The molecule has 0 aromatic heterocycles. The first-order valence-corrected chi connectivity index (χ1v) is 9.27. The van der Waals surface area contributed by atoms with Crippen LogP contribution in [0, 0.1) is 11.3 Å². The Balaban J connectivity index is 2.57. The van der Waals surface area contributed by atoms with Crippen molar-refractivity contribution in [1.29, 1.82) is 5.26 Å². The van der Waals surface area contributed by atoms with Gasteiger partial charge in [-0.2, -0.15) is 26.9 Å². The van der Waals surface area contributed by atoms with E-state index in [1.807, 2.05) is 6.07 Å². The van der Waals surface area contributed by atoms with E-state index < -0.39 is 26.8 Å². The molecule has 0 amide bonds. The minimum absolute atomic E-state index is 0.0491. The molecule has 5 nitrogen and oxygen atoms in total. The van der Waals surface area contributed by atoms with Gasteiger partial charge in [0.25, 0.3) is 0 Å². The number of hydrogen-bond donors (Lipinski definition) is 0. The number of nitrogens with zero attached hydrogens (tertiary/aromatic N) is 1. The molecule has 2 rings (SSSR count). The predicted molar refractivity (Wildman–Crippen MR) is 89.3 cm³/mol. The SMILES string of the molecule is CCOc1cc(C#N)cc(Br)c1OS(=O)(=O)c1ccccc1C(F)(F)F. The lowest BCUT2D eigenvalue weighted by atomic mass is 10.2. The number of benzene rings is 2. The second-order valence-electron chi connectivity index (χ2n) is 4.86. The van der Waals surface area contributed by atoms with Crippen LogP contribution in [0.25, 0.3) is 0 Å². The molecule has 0 saturated carbocycles. The summed E-state index contributed by atoms with van der Waals surface area (Å²) in [6.45, 7) is 1.74. The molecule has 0 N–H and O–H groups in total. The summed E-state index contributed by atoms with van der Waals surface area (Å²) in [6, 6.07) is 8.03. The third kappa shape index (κ3) is 4.28.